The van der Waals surface area contributed by atoms with Gasteiger partial charge in [0.1, 0.15) is 5.65 Å². The lowest BCUT2D eigenvalue weighted by atomic mass is 10.0. The standard InChI is InChI=1S/C16H19ClN6O/c1-21-9-14(19-20-21)13-8-22(10-15(13)24-2)7-12-5-18-16-4-3-11(17)6-23(12)16/h3-6,9,13,15H,7-8,10H2,1-2H3/t13-,15+/m0/s1. The Morgan fingerprint density at radius 1 is 1.29 bits per heavy atom. The summed E-state index contributed by atoms with van der Waals surface area (Å²) in [6.07, 6.45) is 5.89. The Kier molecular flexibility index (Phi) is 3.99. The highest BCUT2D eigenvalue weighted by Gasteiger charge is 2.36. The summed E-state index contributed by atoms with van der Waals surface area (Å²) in [7, 11) is 3.64. The second kappa shape index (κ2) is 6.16. The number of halogens is 1. The number of aryl methyl sites for hydroxylation is 1. The molecule has 8 heteroatoms. The van der Waals surface area contributed by atoms with Gasteiger partial charge in [0.2, 0.25) is 0 Å². The zero-order chi connectivity index (χ0) is 16.7. The first kappa shape index (κ1) is 15.6. The summed E-state index contributed by atoms with van der Waals surface area (Å²) in [4.78, 5) is 6.80. The minimum atomic E-state index is 0.115. The van der Waals surface area contributed by atoms with Gasteiger partial charge in [0.25, 0.3) is 0 Å². The van der Waals surface area contributed by atoms with E-state index in [-0.39, 0.29) is 12.0 Å². The van der Waals surface area contributed by atoms with E-state index in [4.69, 9.17) is 16.3 Å². The predicted octanol–water partition coefficient (Wildman–Crippen LogP) is 1.73. The van der Waals surface area contributed by atoms with Crippen molar-refractivity contribution in [3.63, 3.8) is 0 Å². The Bertz CT molecular complexity index is 859. The molecule has 3 aromatic rings. The number of imidazole rings is 1. The van der Waals surface area contributed by atoms with E-state index in [2.05, 4.69) is 20.2 Å². The average Bonchev–Trinajstić information content (AvgIpc) is 3.26. The molecule has 126 valence electrons. The molecule has 0 unspecified atom stereocenters. The molecule has 1 fully saturated rings. The van der Waals surface area contributed by atoms with E-state index >= 15 is 0 Å². The van der Waals surface area contributed by atoms with Gasteiger partial charge >= 0.3 is 0 Å². The van der Waals surface area contributed by atoms with Crippen molar-refractivity contribution in [1.82, 2.24) is 29.3 Å². The minimum absolute atomic E-state index is 0.115. The first-order valence-electron chi connectivity index (χ1n) is 7.87. The monoisotopic (exact) mass is 346 g/mol. The number of hydrogen-bond acceptors (Lipinski definition) is 5. The van der Waals surface area contributed by atoms with Gasteiger partial charge in [0.15, 0.2) is 0 Å². The zero-order valence-corrected chi connectivity index (χ0v) is 14.4. The molecule has 4 rings (SSSR count). The summed E-state index contributed by atoms with van der Waals surface area (Å²) in [5.41, 5.74) is 3.00. The summed E-state index contributed by atoms with van der Waals surface area (Å²) in [6.45, 7) is 2.52. The Balaban J connectivity index is 1.55. The molecule has 0 amide bonds. The molecule has 0 bridgehead atoms. The van der Waals surface area contributed by atoms with Crippen LogP contribution in [0, 0.1) is 0 Å². The normalized spacial score (nSPS) is 21.8. The van der Waals surface area contributed by atoms with Crippen molar-refractivity contribution in [2.45, 2.75) is 18.6 Å². The van der Waals surface area contributed by atoms with E-state index in [1.165, 1.54) is 0 Å². The Morgan fingerprint density at radius 3 is 2.92 bits per heavy atom. The van der Waals surface area contributed by atoms with Crippen molar-refractivity contribution < 1.29 is 4.74 Å². The average molecular weight is 347 g/mol. The van der Waals surface area contributed by atoms with Crippen LogP contribution in [0.25, 0.3) is 5.65 Å². The van der Waals surface area contributed by atoms with E-state index in [1.54, 1.807) is 11.8 Å². The van der Waals surface area contributed by atoms with Gasteiger partial charge in [-0.05, 0) is 12.1 Å². The molecule has 0 radical (unpaired) electrons. The summed E-state index contributed by atoms with van der Waals surface area (Å²) in [5, 5.41) is 9.01. The summed E-state index contributed by atoms with van der Waals surface area (Å²) >= 11 is 6.12. The SMILES string of the molecule is CO[C@@H]1CN(Cc2cnc3ccc(Cl)cn23)C[C@H]1c1cn(C)nn1. The van der Waals surface area contributed by atoms with Gasteiger partial charge < -0.3 is 9.14 Å². The second-order valence-electron chi connectivity index (χ2n) is 6.22. The fourth-order valence-corrected chi connectivity index (χ4v) is 3.55. The summed E-state index contributed by atoms with van der Waals surface area (Å²) in [6, 6.07) is 3.78. The molecule has 24 heavy (non-hydrogen) atoms. The largest absolute Gasteiger partial charge is 0.379 e. The highest BCUT2D eigenvalue weighted by molar-refractivity contribution is 6.30. The molecule has 0 saturated carbocycles. The van der Waals surface area contributed by atoms with Crippen molar-refractivity contribution in [3.8, 4) is 0 Å². The number of likely N-dealkylation sites (tertiary alicyclic amines) is 1. The van der Waals surface area contributed by atoms with Gasteiger partial charge in [-0.2, -0.15) is 0 Å². The maximum atomic E-state index is 6.12. The zero-order valence-electron chi connectivity index (χ0n) is 13.6. The predicted molar refractivity (Wildman–Crippen MR) is 90.0 cm³/mol. The van der Waals surface area contributed by atoms with E-state index in [9.17, 15) is 0 Å². The molecular weight excluding hydrogens is 328 g/mol. The summed E-state index contributed by atoms with van der Waals surface area (Å²) in [5.74, 6) is 0.228. The fourth-order valence-electron chi connectivity index (χ4n) is 3.39. The van der Waals surface area contributed by atoms with Crippen LogP contribution in [0.4, 0.5) is 0 Å². The number of fused-ring (bicyclic) bond motifs is 1. The highest BCUT2D eigenvalue weighted by atomic mass is 35.5. The molecule has 0 spiro atoms. The highest BCUT2D eigenvalue weighted by Crippen LogP contribution is 2.29. The third-order valence-corrected chi connectivity index (χ3v) is 4.80. The molecule has 2 atom stereocenters. The molecule has 0 N–H and O–H groups in total. The molecule has 1 aliphatic rings. The van der Waals surface area contributed by atoms with Gasteiger partial charge in [-0.1, -0.05) is 16.8 Å². The van der Waals surface area contributed by atoms with Gasteiger partial charge in [-0.3, -0.25) is 9.58 Å². The molecule has 1 saturated heterocycles. The molecule has 1 aliphatic heterocycles. The first-order chi connectivity index (χ1) is 11.6. The lowest BCUT2D eigenvalue weighted by molar-refractivity contribution is 0.0956. The topological polar surface area (TPSA) is 60.5 Å². The molecule has 7 nitrogen and oxygen atoms in total. The third-order valence-electron chi connectivity index (χ3n) is 4.58. The number of methoxy groups -OCH3 is 1. The van der Waals surface area contributed by atoms with E-state index in [0.717, 1.165) is 36.7 Å². The Hall–Kier alpha value is -1.96. The lowest BCUT2D eigenvalue weighted by Crippen LogP contribution is -2.23. The van der Waals surface area contributed by atoms with Crippen molar-refractivity contribution in [1.29, 1.82) is 0 Å². The fraction of sp³-hybridized carbons (Fsp3) is 0.438. The lowest BCUT2D eigenvalue weighted by Gasteiger charge is -2.14. The second-order valence-corrected chi connectivity index (χ2v) is 6.65. The smallest absolute Gasteiger partial charge is 0.137 e. The van der Waals surface area contributed by atoms with Crippen LogP contribution in [0.5, 0.6) is 0 Å². The van der Waals surface area contributed by atoms with E-state index in [0.29, 0.717) is 5.02 Å². The van der Waals surface area contributed by atoms with Crippen molar-refractivity contribution >= 4 is 17.2 Å². The number of rotatable bonds is 4. The molecule has 4 heterocycles. The number of ether oxygens (including phenoxy) is 1. The van der Waals surface area contributed by atoms with Crippen LogP contribution in [0.2, 0.25) is 5.02 Å². The van der Waals surface area contributed by atoms with Crippen molar-refractivity contribution in [2.75, 3.05) is 20.2 Å². The number of nitrogens with zero attached hydrogens (tertiary/aromatic N) is 6. The van der Waals surface area contributed by atoms with Crippen molar-refractivity contribution in [2.24, 2.45) is 7.05 Å². The first-order valence-corrected chi connectivity index (χ1v) is 8.24. The van der Waals surface area contributed by atoms with Crippen LogP contribution in [0.1, 0.15) is 17.3 Å². The van der Waals surface area contributed by atoms with Gasteiger partial charge in [-0.15, -0.1) is 5.10 Å². The number of aromatic nitrogens is 5. The molecule has 3 aromatic heterocycles. The Labute approximate surface area is 144 Å². The van der Waals surface area contributed by atoms with Crippen LogP contribution in [-0.4, -0.2) is 55.6 Å². The van der Waals surface area contributed by atoms with Gasteiger partial charge in [0, 0.05) is 52.1 Å². The van der Waals surface area contributed by atoms with E-state index in [1.807, 2.05) is 42.2 Å². The summed E-state index contributed by atoms with van der Waals surface area (Å²) < 4.78 is 9.46. The van der Waals surface area contributed by atoms with E-state index < -0.39 is 0 Å². The van der Waals surface area contributed by atoms with Crippen LogP contribution < -0.4 is 0 Å². The molecule has 0 aromatic carbocycles. The maximum Gasteiger partial charge on any atom is 0.137 e. The van der Waals surface area contributed by atoms with Crippen LogP contribution in [-0.2, 0) is 18.3 Å². The maximum absolute atomic E-state index is 6.12. The molecular formula is C16H19ClN6O. The third kappa shape index (κ3) is 2.79. The van der Waals surface area contributed by atoms with Gasteiger partial charge in [0.05, 0.1) is 28.7 Å². The number of pyridine rings is 1. The minimum Gasteiger partial charge on any atom is -0.379 e. The van der Waals surface area contributed by atoms with Crippen molar-refractivity contribution in [3.05, 3.63) is 47.1 Å². The van der Waals surface area contributed by atoms with Gasteiger partial charge in [-0.25, -0.2) is 4.98 Å². The molecule has 0 aliphatic carbocycles. The van der Waals surface area contributed by atoms with Crippen LogP contribution in [0.15, 0.2) is 30.7 Å². The quantitative estimate of drug-likeness (QED) is 0.720. The number of hydrogen-bond donors (Lipinski definition) is 0. The van der Waals surface area contributed by atoms with Crippen LogP contribution in [0.3, 0.4) is 0 Å². The van der Waals surface area contributed by atoms with Crippen LogP contribution >= 0.6 is 11.6 Å². The Morgan fingerprint density at radius 2 is 2.17 bits per heavy atom.